The minimum atomic E-state index is -0.247. The molecule has 2 saturated heterocycles. The number of fused-ring (bicyclic) bond motifs is 1. The highest BCUT2D eigenvalue weighted by atomic mass is 16.2. The predicted molar refractivity (Wildman–Crippen MR) is 93.6 cm³/mol. The molecule has 0 bridgehead atoms. The van der Waals surface area contributed by atoms with Gasteiger partial charge in [-0.15, -0.1) is 5.10 Å². The normalized spacial score (nSPS) is 18.1. The Morgan fingerprint density at radius 2 is 2.12 bits per heavy atom. The maximum atomic E-state index is 12.8. The Hall–Kier alpha value is -2.94. The first-order chi connectivity index (χ1) is 12.6. The highest BCUT2D eigenvalue weighted by Gasteiger charge is 2.38. The summed E-state index contributed by atoms with van der Waals surface area (Å²) in [5.74, 6) is 0.271. The van der Waals surface area contributed by atoms with Gasteiger partial charge in [-0.25, -0.2) is 9.20 Å². The molecule has 2 fully saturated rings. The number of hydrogen-bond donors (Lipinski definition) is 1. The molecule has 3 aromatic rings. The number of aromatic nitrogens is 5. The van der Waals surface area contributed by atoms with Gasteiger partial charge < -0.3 is 4.90 Å². The van der Waals surface area contributed by atoms with Crippen LogP contribution in [-0.4, -0.2) is 72.3 Å². The Kier molecular flexibility index (Phi) is 3.26. The Morgan fingerprint density at radius 3 is 2.85 bits per heavy atom. The molecule has 134 valence electrons. The smallest absolute Gasteiger partial charge is 0.276 e. The first-order valence-electron chi connectivity index (χ1n) is 8.78. The summed E-state index contributed by atoms with van der Waals surface area (Å²) >= 11 is 0. The van der Waals surface area contributed by atoms with Gasteiger partial charge in [-0.3, -0.25) is 19.5 Å². The van der Waals surface area contributed by atoms with E-state index < -0.39 is 0 Å². The maximum absolute atomic E-state index is 12.8. The van der Waals surface area contributed by atoms with Crippen molar-refractivity contribution in [2.24, 2.45) is 0 Å². The van der Waals surface area contributed by atoms with Crippen LogP contribution in [0.3, 0.4) is 0 Å². The van der Waals surface area contributed by atoms with Crippen molar-refractivity contribution in [3.63, 3.8) is 0 Å². The number of likely N-dealkylation sites (tertiary alicyclic amines) is 2. The molecule has 0 atom stereocenters. The van der Waals surface area contributed by atoms with E-state index in [1.54, 1.807) is 24.5 Å². The van der Waals surface area contributed by atoms with E-state index in [4.69, 9.17) is 0 Å². The molecular weight excluding hydrogens is 334 g/mol. The number of carbonyl (C=O) groups is 1. The molecule has 9 heteroatoms. The van der Waals surface area contributed by atoms with Crippen LogP contribution in [0.25, 0.3) is 11.5 Å². The van der Waals surface area contributed by atoms with Crippen LogP contribution in [0, 0.1) is 6.92 Å². The van der Waals surface area contributed by atoms with E-state index in [1.165, 1.54) is 15.6 Å². The molecule has 0 unspecified atom stereocenters. The molecular formula is C17H19N7O2. The number of nitrogens with zero attached hydrogens (tertiary/aromatic N) is 6. The third-order valence-electron chi connectivity index (χ3n) is 5.39. The summed E-state index contributed by atoms with van der Waals surface area (Å²) in [4.78, 5) is 31.9. The summed E-state index contributed by atoms with van der Waals surface area (Å²) < 4.78 is 3.00. The van der Waals surface area contributed by atoms with E-state index >= 15 is 0 Å². The summed E-state index contributed by atoms with van der Waals surface area (Å²) in [6.45, 7) is 5.64. The Bertz CT molecular complexity index is 1050. The number of rotatable bonds is 3. The minimum Gasteiger partial charge on any atom is -0.335 e. The van der Waals surface area contributed by atoms with E-state index in [9.17, 15) is 9.59 Å². The molecule has 2 aliphatic rings. The van der Waals surface area contributed by atoms with Gasteiger partial charge in [0, 0.05) is 25.3 Å². The number of H-pyrrole nitrogens is 1. The largest absolute Gasteiger partial charge is 0.335 e. The number of hydrogen-bond acceptors (Lipinski definition) is 5. The molecule has 0 aromatic carbocycles. The third-order valence-corrected chi connectivity index (χ3v) is 5.39. The SMILES string of the molecule is Cc1c(C(=O)N2CC(N3CCC3)C2)cnn1-c1nn2cccc2c(=O)[nH]1. The fourth-order valence-corrected chi connectivity index (χ4v) is 3.59. The van der Waals surface area contributed by atoms with E-state index in [1.807, 2.05) is 11.8 Å². The second-order valence-corrected chi connectivity index (χ2v) is 6.92. The van der Waals surface area contributed by atoms with Crippen molar-refractivity contribution >= 4 is 11.4 Å². The lowest BCUT2D eigenvalue weighted by Crippen LogP contribution is -2.63. The van der Waals surface area contributed by atoms with Gasteiger partial charge in [-0.2, -0.15) is 5.10 Å². The van der Waals surface area contributed by atoms with Crippen LogP contribution < -0.4 is 5.56 Å². The zero-order valence-electron chi connectivity index (χ0n) is 14.4. The van der Waals surface area contributed by atoms with Crippen molar-refractivity contribution in [1.29, 1.82) is 0 Å². The number of aromatic amines is 1. The van der Waals surface area contributed by atoms with Gasteiger partial charge in [-0.05, 0) is 38.6 Å². The molecule has 0 saturated carbocycles. The van der Waals surface area contributed by atoms with Crippen LogP contribution in [-0.2, 0) is 0 Å². The average Bonchev–Trinajstić information content (AvgIpc) is 3.14. The van der Waals surface area contributed by atoms with Crippen LogP contribution in [0.4, 0.5) is 0 Å². The van der Waals surface area contributed by atoms with Crippen molar-refractivity contribution in [2.45, 2.75) is 19.4 Å². The van der Waals surface area contributed by atoms with Crippen molar-refractivity contribution < 1.29 is 4.79 Å². The molecule has 5 rings (SSSR count). The van der Waals surface area contributed by atoms with Gasteiger partial charge in [-0.1, -0.05) is 0 Å². The maximum Gasteiger partial charge on any atom is 0.276 e. The van der Waals surface area contributed by atoms with Crippen molar-refractivity contribution in [3.8, 4) is 5.95 Å². The topological polar surface area (TPSA) is 91.5 Å². The molecule has 0 radical (unpaired) electrons. The molecule has 5 heterocycles. The molecule has 1 amide bonds. The van der Waals surface area contributed by atoms with Gasteiger partial charge in [0.2, 0.25) is 5.95 Å². The Morgan fingerprint density at radius 1 is 1.31 bits per heavy atom. The minimum absolute atomic E-state index is 0.0186. The number of nitrogens with one attached hydrogen (secondary N) is 1. The fourth-order valence-electron chi connectivity index (χ4n) is 3.59. The lowest BCUT2D eigenvalue weighted by molar-refractivity contribution is 0.00410. The molecule has 9 nitrogen and oxygen atoms in total. The zero-order valence-corrected chi connectivity index (χ0v) is 14.4. The fraction of sp³-hybridized carbons (Fsp3) is 0.412. The van der Waals surface area contributed by atoms with Gasteiger partial charge in [0.1, 0.15) is 5.52 Å². The van der Waals surface area contributed by atoms with Crippen molar-refractivity contribution in [2.75, 3.05) is 26.2 Å². The lowest BCUT2D eigenvalue weighted by atomic mass is 10.0. The average molecular weight is 353 g/mol. The molecule has 2 aliphatic heterocycles. The van der Waals surface area contributed by atoms with Gasteiger partial charge in [0.15, 0.2) is 0 Å². The number of amides is 1. The third kappa shape index (κ3) is 2.20. The van der Waals surface area contributed by atoms with Crippen LogP contribution in [0.1, 0.15) is 22.5 Å². The Labute approximate surface area is 148 Å². The predicted octanol–water partition coefficient (Wildman–Crippen LogP) is 0.0468. The van der Waals surface area contributed by atoms with Crippen LogP contribution >= 0.6 is 0 Å². The quantitative estimate of drug-likeness (QED) is 0.718. The Balaban J connectivity index is 1.41. The van der Waals surface area contributed by atoms with Crippen molar-refractivity contribution in [3.05, 3.63) is 46.1 Å². The molecule has 3 aromatic heterocycles. The van der Waals surface area contributed by atoms with Gasteiger partial charge in [0.05, 0.1) is 17.5 Å². The monoisotopic (exact) mass is 353 g/mol. The molecule has 0 spiro atoms. The van der Waals surface area contributed by atoms with Crippen LogP contribution in [0.2, 0.25) is 0 Å². The molecule has 0 aliphatic carbocycles. The molecule has 26 heavy (non-hydrogen) atoms. The van der Waals surface area contributed by atoms with E-state index in [-0.39, 0.29) is 17.4 Å². The summed E-state index contributed by atoms with van der Waals surface area (Å²) in [6.07, 6.45) is 4.51. The lowest BCUT2D eigenvalue weighted by Gasteiger charge is -2.48. The highest BCUT2D eigenvalue weighted by molar-refractivity contribution is 5.95. The first-order valence-corrected chi connectivity index (χ1v) is 8.78. The second kappa shape index (κ2) is 5.53. The van der Waals surface area contributed by atoms with Crippen molar-refractivity contribution in [1.82, 2.24) is 34.2 Å². The van der Waals surface area contributed by atoms with E-state index in [0.29, 0.717) is 22.8 Å². The van der Waals surface area contributed by atoms with Gasteiger partial charge in [0.25, 0.3) is 11.5 Å². The second-order valence-electron chi connectivity index (χ2n) is 6.92. The number of carbonyl (C=O) groups excluding carboxylic acids is 1. The summed E-state index contributed by atoms with van der Waals surface area (Å²) in [5, 5.41) is 8.64. The van der Waals surface area contributed by atoms with Gasteiger partial charge >= 0.3 is 0 Å². The van der Waals surface area contributed by atoms with Crippen LogP contribution in [0.15, 0.2) is 29.3 Å². The highest BCUT2D eigenvalue weighted by Crippen LogP contribution is 2.23. The van der Waals surface area contributed by atoms with Crippen LogP contribution in [0.5, 0.6) is 0 Å². The standard InChI is InChI=1S/C17H19N7O2/c1-11-13(16(26)22-9-12(10-22)21-5-3-6-21)8-18-24(11)17-19-15(25)14-4-2-7-23(14)20-17/h2,4,7-8,12H,3,5-6,9-10H2,1H3,(H,19,20,25). The first kappa shape index (κ1) is 15.3. The van der Waals surface area contributed by atoms with E-state index in [2.05, 4.69) is 20.1 Å². The summed E-state index contributed by atoms with van der Waals surface area (Å²) in [7, 11) is 0. The summed E-state index contributed by atoms with van der Waals surface area (Å²) in [5.41, 5.74) is 1.43. The summed E-state index contributed by atoms with van der Waals surface area (Å²) in [6, 6.07) is 3.95. The zero-order chi connectivity index (χ0) is 17.8. The van der Waals surface area contributed by atoms with E-state index in [0.717, 1.165) is 26.2 Å². The molecule has 1 N–H and O–H groups in total.